The molecule has 11 heteroatoms. The van der Waals surface area contributed by atoms with E-state index < -0.39 is 48.2 Å². The minimum absolute atomic E-state index is 0.0285. The summed E-state index contributed by atoms with van der Waals surface area (Å²) < 4.78 is 65.9. The minimum Gasteiger partial charge on any atom is -0.508 e. The van der Waals surface area contributed by atoms with Crippen molar-refractivity contribution >= 4 is 27.5 Å². The highest BCUT2D eigenvalue weighted by atomic mass is 19.3. The first kappa shape index (κ1) is 27.1. The predicted molar refractivity (Wildman–Crippen MR) is 146 cm³/mol. The van der Waals surface area contributed by atoms with E-state index in [-0.39, 0.29) is 40.1 Å². The number of fused-ring (bicyclic) bond motifs is 2. The van der Waals surface area contributed by atoms with Gasteiger partial charge in [-0.05, 0) is 36.6 Å². The molecular formula is C30H26F4N4O3. The molecule has 1 aliphatic heterocycles. The van der Waals surface area contributed by atoms with Crippen LogP contribution in [-0.2, 0) is 0 Å². The number of hydrogen-bond acceptors (Lipinski definition) is 7. The van der Waals surface area contributed by atoms with Gasteiger partial charge in [0.25, 0.3) is 5.92 Å². The summed E-state index contributed by atoms with van der Waals surface area (Å²) in [6.45, 7) is 2.05. The molecule has 0 amide bonds. The molecule has 2 heterocycles. The fourth-order valence-corrected chi connectivity index (χ4v) is 5.52. The SMILES string of the molecule is C#Cc1cccc2cc(O)cc(-c3c(F)cc4c(N5CCN[C@H](C)C5)nc(OC[C@]5(CO)CC5(F)F)nc4c3F)c12. The second-order valence-corrected chi connectivity index (χ2v) is 10.7. The molecule has 3 aromatic carbocycles. The van der Waals surface area contributed by atoms with E-state index in [0.717, 1.165) is 6.07 Å². The number of nitrogens with zero attached hydrogens (tertiary/aromatic N) is 3. The number of piperazine rings is 1. The van der Waals surface area contributed by atoms with E-state index in [9.17, 15) is 19.0 Å². The van der Waals surface area contributed by atoms with Crippen molar-refractivity contribution in [2.45, 2.75) is 25.3 Å². The van der Waals surface area contributed by atoms with Crippen LogP contribution >= 0.6 is 0 Å². The third-order valence-corrected chi connectivity index (χ3v) is 7.89. The summed E-state index contributed by atoms with van der Waals surface area (Å²) in [4.78, 5) is 10.4. The van der Waals surface area contributed by atoms with Crippen LogP contribution in [0.15, 0.2) is 36.4 Å². The van der Waals surface area contributed by atoms with E-state index in [2.05, 4.69) is 21.2 Å². The van der Waals surface area contributed by atoms with E-state index in [0.29, 0.717) is 36.0 Å². The molecule has 1 saturated carbocycles. The highest BCUT2D eigenvalue weighted by Crippen LogP contribution is 2.60. The zero-order chi connectivity index (χ0) is 29.1. The average Bonchev–Trinajstić information content (AvgIpc) is 3.51. The number of halogens is 4. The number of aromatic nitrogens is 2. The van der Waals surface area contributed by atoms with Crippen LogP contribution in [0.2, 0.25) is 0 Å². The topological polar surface area (TPSA) is 90.7 Å². The summed E-state index contributed by atoms with van der Waals surface area (Å²) in [5.41, 5.74) is -2.12. The Labute approximate surface area is 232 Å². The van der Waals surface area contributed by atoms with E-state index in [1.165, 1.54) is 12.1 Å². The number of aliphatic hydroxyl groups is 1. The van der Waals surface area contributed by atoms with Crippen molar-refractivity contribution in [1.29, 1.82) is 0 Å². The smallest absolute Gasteiger partial charge is 0.319 e. The van der Waals surface area contributed by atoms with Gasteiger partial charge in [0.2, 0.25) is 0 Å². The number of aliphatic hydroxyl groups excluding tert-OH is 1. The first-order valence-electron chi connectivity index (χ1n) is 13.1. The largest absolute Gasteiger partial charge is 0.508 e. The normalized spacial score (nSPS) is 21.7. The molecule has 0 bridgehead atoms. The van der Waals surface area contributed by atoms with E-state index in [4.69, 9.17) is 11.2 Å². The first-order valence-corrected chi connectivity index (χ1v) is 13.1. The number of rotatable bonds is 6. The highest BCUT2D eigenvalue weighted by Gasteiger charge is 2.71. The van der Waals surface area contributed by atoms with Crippen LogP contribution in [-0.4, -0.2) is 65.0 Å². The van der Waals surface area contributed by atoms with Gasteiger partial charge in [0.15, 0.2) is 5.82 Å². The van der Waals surface area contributed by atoms with Crippen molar-refractivity contribution in [2.75, 3.05) is 37.7 Å². The number of ether oxygens (including phenoxy) is 1. The number of phenolic OH excluding ortho intramolecular Hbond substituents is 1. The second-order valence-electron chi connectivity index (χ2n) is 10.7. The number of terminal acetylenes is 1. The molecule has 3 N–H and O–H groups in total. The zero-order valence-corrected chi connectivity index (χ0v) is 22.0. The lowest BCUT2D eigenvalue weighted by molar-refractivity contribution is 0.0126. The molecule has 212 valence electrons. The average molecular weight is 567 g/mol. The molecule has 2 atom stereocenters. The Morgan fingerprint density at radius 3 is 2.68 bits per heavy atom. The van der Waals surface area contributed by atoms with Crippen molar-refractivity contribution in [3.8, 4) is 35.2 Å². The van der Waals surface area contributed by atoms with Crippen molar-refractivity contribution in [2.24, 2.45) is 5.41 Å². The number of phenols is 1. The molecule has 0 radical (unpaired) electrons. The van der Waals surface area contributed by atoms with Crippen molar-refractivity contribution in [3.05, 3.63) is 53.6 Å². The minimum atomic E-state index is -3.11. The third kappa shape index (κ3) is 4.47. The summed E-state index contributed by atoms with van der Waals surface area (Å²) in [5, 5.41) is 24.2. The number of benzene rings is 3. The molecule has 0 unspecified atom stereocenters. The highest BCUT2D eigenvalue weighted by molar-refractivity contribution is 6.04. The number of nitrogens with one attached hydrogen (secondary N) is 1. The first-order chi connectivity index (χ1) is 19.6. The fourth-order valence-electron chi connectivity index (χ4n) is 5.52. The summed E-state index contributed by atoms with van der Waals surface area (Å²) >= 11 is 0. The Bertz CT molecular complexity index is 1740. The van der Waals surface area contributed by atoms with Crippen molar-refractivity contribution in [1.82, 2.24) is 15.3 Å². The molecule has 2 fully saturated rings. The number of aromatic hydroxyl groups is 1. The molecule has 0 spiro atoms. The number of hydrogen-bond donors (Lipinski definition) is 3. The molecule has 4 aromatic rings. The summed E-state index contributed by atoms with van der Waals surface area (Å²) in [6.07, 6.45) is 5.13. The van der Waals surface area contributed by atoms with E-state index >= 15 is 8.78 Å². The molecule has 1 saturated heterocycles. The molecular weight excluding hydrogens is 540 g/mol. The maximum atomic E-state index is 16.5. The lowest BCUT2D eigenvalue weighted by atomic mass is 9.93. The maximum absolute atomic E-state index is 16.5. The van der Waals surface area contributed by atoms with Gasteiger partial charge in [0.1, 0.15) is 29.5 Å². The van der Waals surface area contributed by atoms with Crippen LogP contribution < -0.4 is 15.0 Å². The monoisotopic (exact) mass is 566 g/mol. The standard InChI is InChI=1S/C30H26F4N4O3/c1-3-17-5-4-6-18-9-19(40)10-20(23(17)18)24-22(31)11-21-26(25(24)32)36-28(41-15-29(14-39)13-30(29,33)34)37-27(21)38-8-7-35-16(2)12-38/h1,4-6,9-11,16,35,39-40H,7-8,12-15H2,2H3/t16-,29-/m1/s1. The lowest BCUT2D eigenvalue weighted by Gasteiger charge is -2.33. The van der Waals surface area contributed by atoms with E-state index in [1.807, 2.05) is 11.8 Å². The predicted octanol–water partition coefficient (Wildman–Crippen LogP) is 4.61. The van der Waals surface area contributed by atoms with Gasteiger partial charge < -0.3 is 25.2 Å². The Hall–Kier alpha value is -4.14. The van der Waals surface area contributed by atoms with Gasteiger partial charge >= 0.3 is 6.01 Å². The molecule has 1 aromatic heterocycles. The Morgan fingerprint density at radius 2 is 2.00 bits per heavy atom. The fraction of sp³-hybridized carbons (Fsp3) is 0.333. The quantitative estimate of drug-likeness (QED) is 0.232. The third-order valence-electron chi connectivity index (χ3n) is 7.89. The van der Waals surface area contributed by atoms with Gasteiger partial charge in [-0.3, -0.25) is 0 Å². The summed E-state index contributed by atoms with van der Waals surface area (Å²) in [7, 11) is 0. The molecule has 7 nitrogen and oxygen atoms in total. The molecule has 2 aliphatic rings. The van der Waals surface area contributed by atoms with Crippen LogP contribution in [0, 0.1) is 29.4 Å². The van der Waals surface area contributed by atoms with Gasteiger partial charge in [-0.15, -0.1) is 6.42 Å². The Kier molecular flexibility index (Phi) is 6.43. The summed E-state index contributed by atoms with van der Waals surface area (Å²) in [5.74, 6) is -2.59. The van der Waals surface area contributed by atoms with Gasteiger partial charge in [-0.1, -0.05) is 18.1 Å². The molecule has 1 aliphatic carbocycles. The zero-order valence-electron chi connectivity index (χ0n) is 22.0. The van der Waals surface area contributed by atoms with Crippen LogP contribution in [0.4, 0.5) is 23.4 Å². The van der Waals surface area contributed by atoms with E-state index in [1.54, 1.807) is 18.2 Å². The van der Waals surface area contributed by atoms with Gasteiger partial charge in [-0.25, -0.2) is 17.6 Å². The molecule has 6 rings (SSSR count). The lowest BCUT2D eigenvalue weighted by Crippen LogP contribution is -2.49. The van der Waals surface area contributed by atoms with Crippen LogP contribution in [0.1, 0.15) is 18.9 Å². The van der Waals surface area contributed by atoms with Crippen molar-refractivity contribution in [3.63, 3.8) is 0 Å². The second kappa shape index (κ2) is 9.75. The molecule has 41 heavy (non-hydrogen) atoms. The number of alkyl halides is 2. The van der Waals surface area contributed by atoms with Crippen LogP contribution in [0.5, 0.6) is 11.8 Å². The van der Waals surface area contributed by atoms with Crippen molar-refractivity contribution < 1.29 is 32.5 Å². The maximum Gasteiger partial charge on any atom is 0.319 e. The Morgan fingerprint density at radius 1 is 1.22 bits per heavy atom. The van der Waals surface area contributed by atoms with Crippen LogP contribution in [0.25, 0.3) is 32.8 Å². The Balaban J connectivity index is 1.56. The van der Waals surface area contributed by atoms with Gasteiger partial charge in [0, 0.05) is 54.0 Å². The summed E-state index contributed by atoms with van der Waals surface area (Å²) in [6, 6.07) is 8.42. The van der Waals surface area contributed by atoms with Gasteiger partial charge in [0.05, 0.1) is 17.6 Å². The number of anilines is 1. The van der Waals surface area contributed by atoms with Gasteiger partial charge in [-0.2, -0.15) is 9.97 Å². The van der Waals surface area contributed by atoms with Crippen LogP contribution in [0.3, 0.4) is 0 Å².